The average molecular weight is 476 g/mol. The Labute approximate surface area is 189 Å². The van der Waals surface area contributed by atoms with Crippen LogP contribution in [0.2, 0.25) is 0 Å². The van der Waals surface area contributed by atoms with Crippen molar-refractivity contribution in [3.63, 3.8) is 0 Å². The van der Waals surface area contributed by atoms with Crippen molar-refractivity contribution in [2.45, 2.75) is 12.7 Å². The zero-order valence-electron chi connectivity index (χ0n) is 17.3. The van der Waals surface area contributed by atoms with Gasteiger partial charge in [-0.15, -0.1) is 0 Å². The van der Waals surface area contributed by atoms with Crippen molar-refractivity contribution in [2.75, 3.05) is 17.2 Å². The van der Waals surface area contributed by atoms with E-state index in [1.165, 1.54) is 36.5 Å². The smallest absolute Gasteiger partial charge is 0.360 e. The van der Waals surface area contributed by atoms with Gasteiger partial charge in [-0.05, 0) is 42.5 Å². The highest BCUT2D eigenvalue weighted by molar-refractivity contribution is 5.94. The van der Waals surface area contributed by atoms with E-state index in [0.29, 0.717) is 16.7 Å². The number of aromatic amines is 1. The van der Waals surface area contributed by atoms with Crippen molar-refractivity contribution < 1.29 is 26.7 Å². The second kappa shape index (κ2) is 9.33. The highest BCUT2D eigenvalue weighted by Gasteiger charge is 2.27. The Bertz CT molecular complexity index is 1300. The minimum absolute atomic E-state index is 0.00227. The molecule has 2 heterocycles. The van der Waals surface area contributed by atoms with Crippen molar-refractivity contribution in [3.8, 4) is 0 Å². The van der Waals surface area contributed by atoms with Crippen molar-refractivity contribution >= 4 is 34.4 Å². The van der Waals surface area contributed by atoms with E-state index in [2.05, 4.69) is 30.9 Å². The summed E-state index contributed by atoms with van der Waals surface area (Å²) in [6.45, 7) is -1.58. The molecule has 0 aliphatic heterocycles. The van der Waals surface area contributed by atoms with Crippen molar-refractivity contribution in [3.05, 3.63) is 77.5 Å². The maximum absolute atomic E-state index is 13.7. The number of nitrogens with zero attached hydrogens (tertiary/aromatic N) is 2. The second-order valence-electron chi connectivity index (χ2n) is 7.19. The largest absolute Gasteiger partial charge is 0.405 e. The highest BCUT2D eigenvalue weighted by atomic mass is 19.4. The summed E-state index contributed by atoms with van der Waals surface area (Å²) >= 11 is 0. The number of rotatable bonds is 7. The van der Waals surface area contributed by atoms with Gasteiger partial charge in [0.2, 0.25) is 5.95 Å². The molecule has 176 valence electrons. The van der Waals surface area contributed by atoms with Crippen LogP contribution in [0.3, 0.4) is 0 Å². The first-order valence-corrected chi connectivity index (χ1v) is 9.93. The molecule has 0 aliphatic carbocycles. The number of anilines is 3. The van der Waals surface area contributed by atoms with Crippen molar-refractivity contribution in [1.29, 1.82) is 0 Å². The zero-order valence-corrected chi connectivity index (χ0v) is 17.3. The van der Waals surface area contributed by atoms with Crippen LogP contribution in [0.25, 0.3) is 11.0 Å². The third-order valence-electron chi connectivity index (χ3n) is 4.76. The van der Waals surface area contributed by atoms with E-state index in [-0.39, 0.29) is 29.4 Å². The number of halogens is 5. The summed E-state index contributed by atoms with van der Waals surface area (Å²) in [7, 11) is 0. The van der Waals surface area contributed by atoms with Crippen LogP contribution in [-0.2, 0) is 6.54 Å². The molecular weight excluding hydrogens is 459 g/mol. The first-order valence-electron chi connectivity index (χ1n) is 9.93. The molecule has 2 aromatic carbocycles. The molecule has 0 spiro atoms. The number of hydrogen-bond donors (Lipinski definition) is 4. The Morgan fingerprint density at radius 1 is 0.971 bits per heavy atom. The molecule has 2 aromatic heterocycles. The van der Waals surface area contributed by atoms with E-state index in [0.717, 1.165) is 12.1 Å². The fourth-order valence-corrected chi connectivity index (χ4v) is 3.12. The molecule has 0 radical (unpaired) electrons. The number of carbonyl (C=O) groups excluding carboxylic acids is 1. The Balaban J connectivity index is 1.44. The van der Waals surface area contributed by atoms with Crippen LogP contribution in [0.5, 0.6) is 0 Å². The normalized spacial score (nSPS) is 11.4. The van der Waals surface area contributed by atoms with Gasteiger partial charge >= 0.3 is 6.18 Å². The summed E-state index contributed by atoms with van der Waals surface area (Å²) < 4.78 is 65.2. The van der Waals surface area contributed by atoms with Crippen molar-refractivity contribution in [1.82, 2.24) is 20.3 Å². The SMILES string of the molecule is O=C(NCc1c(F)cccc1F)c1ccc(Nc2nc(NCC(F)(F)F)c3cc[nH]c3n2)cc1. The summed E-state index contributed by atoms with van der Waals surface area (Å²) in [5, 5.41) is 7.97. The van der Waals surface area contributed by atoms with E-state index < -0.39 is 30.3 Å². The molecule has 4 aromatic rings. The molecule has 4 rings (SSSR count). The van der Waals surface area contributed by atoms with Gasteiger partial charge in [0.15, 0.2) is 0 Å². The topological polar surface area (TPSA) is 94.7 Å². The number of hydrogen-bond acceptors (Lipinski definition) is 5. The molecule has 0 saturated carbocycles. The van der Waals surface area contributed by atoms with Crippen LogP contribution in [0, 0.1) is 11.6 Å². The lowest BCUT2D eigenvalue weighted by atomic mass is 10.1. The third-order valence-corrected chi connectivity index (χ3v) is 4.76. The number of carbonyl (C=O) groups is 1. The molecule has 0 fully saturated rings. The van der Waals surface area contributed by atoms with Crippen LogP contribution in [-0.4, -0.2) is 33.6 Å². The molecular formula is C22H17F5N6O. The monoisotopic (exact) mass is 476 g/mol. The van der Waals surface area contributed by atoms with Gasteiger partial charge in [-0.25, -0.2) is 8.78 Å². The molecule has 1 amide bonds. The number of nitrogens with one attached hydrogen (secondary N) is 4. The Morgan fingerprint density at radius 3 is 2.35 bits per heavy atom. The number of aromatic nitrogens is 3. The van der Waals surface area contributed by atoms with E-state index in [1.54, 1.807) is 6.07 Å². The molecule has 4 N–H and O–H groups in total. The lowest BCUT2D eigenvalue weighted by Crippen LogP contribution is -2.24. The molecule has 0 bridgehead atoms. The predicted molar refractivity (Wildman–Crippen MR) is 116 cm³/mol. The highest BCUT2D eigenvalue weighted by Crippen LogP contribution is 2.25. The lowest BCUT2D eigenvalue weighted by Gasteiger charge is -2.12. The Kier molecular flexibility index (Phi) is 6.30. The fourth-order valence-electron chi connectivity index (χ4n) is 3.12. The summed E-state index contributed by atoms with van der Waals surface area (Å²) in [4.78, 5) is 23.5. The van der Waals surface area contributed by atoms with Gasteiger partial charge in [0, 0.05) is 29.6 Å². The van der Waals surface area contributed by atoms with Gasteiger partial charge in [-0.1, -0.05) is 6.07 Å². The van der Waals surface area contributed by atoms with E-state index in [1.807, 2.05) is 0 Å². The van der Waals surface area contributed by atoms with E-state index in [9.17, 15) is 26.7 Å². The molecule has 0 unspecified atom stereocenters. The third kappa shape index (κ3) is 5.39. The van der Waals surface area contributed by atoms with Gasteiger partial charge < -0.3 is 20.9 Å². The van der Waals surface area contributed by atoms with Crippen LogP contribution < -0.4 is 16.0 Å². The van der Waals surface area contributed by atoms with Gasteiger partial charge in [-0.2, -0.15) is 23.1 Å². The predicted octanol–water partition coefficient (Wildman–Crippen LogP) is 4.88. The summed E-state index contributed by atoms with van der Waals surface area (Å²) in [5.74, 6) is -2.03. The quantitative estimate of drug-likeness (QED) is 0.285. The first-order chi connectivity index (χ1) is 16.2. The maximum atomic E-state index is 13.7. The van der Waals surface area contributed by atoms with E-state index >= 15 is 0 Å². The standard InChI is InChI=1S/C22H17F5N6O/c23-16-2-1-3-17(24)15(16)10-29-20(34)12-4-6-13(7-5-12)31-21-32-18-14(8-9-28-18)19(33-21)30-11-22(25,26)27/h1-9H,10-11H2,(H,29,34)(H3,28,30,31,32,33). The van der Waals surface area contributed by atoms with Crippen molar-refractivity contribution in [2.24, 2.45) is 0 Å². The number of fused-ring (bicyclic) bond motifs is 1. The molecule has 0 aliphatic rings. The fraction of sp³-hybridized carbons (Fsp3) is 0.136. The summed E-state index contributed by atoms with van der Waals surface area (Å²) in [6, 6.07) is 11.0. The lowest BCUT2D eigenvalue weighted by molar-refractivity contribution is -0.115. The second-order valence-corrected chi connectivity index (χ2v) is 7.19. The van der Waals surface area contributed by atoms with Crippen LogP contribution in [0.15, 0.2) is 54.7 Å². The Morgan fingerprint density at radius 2 is 1.68 bits per heavy atom. The number of amides is 1. The minimum atomic E-state index is -4.42. The van der Waals surface area contributed by atoms with Crippen LogP contribution in [0.4, 0.5) is 39.4 Å². The molecule has 7 nitrogen and oxygen atoms in total. The zero-order chi connectivity index (χ0) is 24.3. The minimum Gasteiger partial charge on any atom is -0.360 e. The maximum Gasteiger partial charge on any atom is 0.405 e. The molecule has 34 heavy (non-hydrogen) atoms. The Hall–Kier alpha value is -4.22. The van der Waals surface area contributed by atoms with Crippen LogP contribution >= 0.6 is 0 Å². The average Bonchev–Trinajstić information content (AvgIpc) is 3.26. The van der Waals surface area contributed by atoms with Gasteiger partial charge in [0.1, 0.15) is 29.6 Å². The number of benzene rings is 2. The first kappa shape index (κ1) is 23.0. The van der Waals surface area contributed by atoms with Gasteiger partial charge in [0.25, 0.3) is 5.91 Å². The summed E-state index contributed by atoms with van der Waals surface area (Å²) in [6.07, 6.45) is -2.89. The van der Waals surface area contributed by atoms with Gasteiger partial charge in [-0.3, -0.25) is 4.79 Å². The summed E-state index contributed by atoms with van der Waals surface area (Å²) in [5.41, 5.74) is 0.777. The van der Waals surface area contributed by atoms with Gasteiger partial charge in [0.05, 0.1) is 5.39 Å². The molecule has 0 atom stereocenters. The number of alkyl halides is 3. The van der Waals surface area contributed by atoms with E-state index in [4.69, 9.17) is 0 Å². The molecule has 12 heteroatoms. The van der Waals surface area contributed by atoms with Crippen LogP contribution in [0.1, 0.15) is 15.9 Å². The molecule has 0 saturated heterocycles. The number of H-pyrrole nitrogens is 1.